The number of rotatable bonds is 2. The van der Waals surface area contributed by atoms with E-state index in [-0.39, 0.29) is 11.9 Å². The minimum absolute atomic E-state index is 0.105. The summed E-state index contributed by atoms with van der Waals surface area (Å²) >= 11 is 3.55. The molecule has 4 nitrogen and oxygen atoms in total. The predicted molar refractivity (Wildman–Crippen MR) is 86.6 cm³/mol. The molecule has 21 heavy (non-hydrogen) atoms. The van der Waals surface area contributed by atoms with E-state index >= 15 is 0 Å². The number of hydrogen-bond donors (Lipinski definition) is 0. The van der Waals surface area contributed by atoms with Crippen LogP contribution in [0.25, 0.3) is 11.0 Å². The standard InChI is InChI=1S/C16H18BrN3O/c17-11-13-4-2-1-3-9-20(13)16(21)12-5-6-14-15(10-12)19-8-7-18-14/h5-8,10,13H,1-4,9,11H2. The van der Waals surface area contributed by atoms with Crippen LogP contribution in [0.15, 0.2) is 30.6 Å². The van der Waals surface area contributed by atoms with Gasteiger partial charge >= 0.3 is 0 Å². The maximum atomic E-state index is 12.8. The zero-order valence-electron chi connectivity index (χ0n) is 11.8. The Morgan fingerprint density at radius 1 is 1.19 bits per heavy atom. The summed E-state index contributed by atoms with van der Waals surface area (Å²) in [4.78, 5) is 23.4. The summed E-state index contributed by atoms with van der Waals surface area (Å²) in [5.41, 5.74) is 2.30. The predicted octanol–water partition coefficient (Wildman–Crippen LogP) is 3.41. The average Bonchev–Trinajstić information content (AvgIpc) is 2.79. The van der Waals surface area contributed by atoms with E-state index in [1.807, 2.05) is 23.1 Å². The van der Waals surface area contributed by atoms with Gasteiger partial charge < -0.3 is 4.90 Å². The Morgan fingerprint density at radius 3 is 2.81 bits per heavy atom. The van der Waals surface area contributed by atoms with Crippen molar-refractivity contribution in [2.45, 2.75) is 31.7 Å². The van der Waals surface area contributed by atoms with Crippen LogP contribution in [0.2, 0.25) is 0 Å². The third-order valence-electron chi connectivity index (χ3n) is 4.03. The second-order valence-electron chi connectivity index (χ2n) is 5.42. The maximum absolute atomic E-state index is 12.8. The molecule has 0 saturated carbocycles. The van der Waals surface area contributed by atoms with Gasteiger partial charge in [0.1, 0.15) is 0 Å². The summed E-state index contributed by atoms with van der Waals surface area (Å²) < 4.78 is 0. The number of hydrogen-bond acceptors (Lipinski definition) is 3. The number of nitrogens with zero attached hydrogens (tertiary/aromatic N) is 3. The van der Waals surface area contributed by atoms with Crippen LogP contribution in [0.1, 0.15) is 36.0 Å². The SMILES string of the molecule is O=C(c1ccc2nccnc2c1)N1CCCCCC1CBr. The van der Waals surface area contributed by atoms with Crippen LogP contribution in [0, 0.1) is 0 Å². The van der Waals surface area contributed by atoms with Gasteiger partial charge in [0.15, 0.2) is 0 Å². The molecule has 1 saturated heterocycles. The number of likely N-dealkylation sites (tertiary alicyclic amines) is 1. The molecule has 2 aromatic rings. The lowest BCUT2D eigenvalue weighted by molar-refractivity contribution is 0.0702. The molecule has 1 atom stereocenters. The van der Waals surface area contributed by atoms with Crippen molar-refractivity contribution in [2.75, 3.05) is 11.9 Å². The zero-order chi connectivity index (χ0) is 14.7. The third kappa shape index (κ3) is 3.07. The molecule has 1 aromatic carbocycles. The summed E-state index contributed by atoms with van der Waals surface area (Å²) in [5, 5.41) is 0.839. The number of fused-ring (bicyclic) bond motifs is 1. The molecule has 0 N–H and O–H groups in total. The first-order chi connectivity index (χ1) is 10.3. The van der Waals surface area contributed by atoms with E-state index in [1.54, 1.807) is 12.4 Å². The van der Waals surface area contributed by atoms with Gasteiger partial charge in [-0.05, 0) is 31.0 Å². The molecule has 1 amide bonds. The van der Waals surface area contributed by atoms with E-state index in [4.69, 9.17) is 0 Å². The molecule has 1 aromatic heterocycles. The largest absolute Gasteiger partial charge is 0.335 e. The van der Waals surface area contributed by atoms with Crippen molar-refractivity contribution >= 4 is 32.9 Å². The smallest absolute Gasteiger partial charge is 0.254 e. The van der Waals surface area contributed by atoms with Crippen LogP contribution in [0.3, 0.4) is 0 Å². The van der Waals surface area contributed by atoms with Gasteiger partial charge in [0, 0.05) is 35.9 Å². The van der Waals surface area contributed by atoms with E-state index in [2.05, 4.69) is 25.9 Å². The number of aromatic nitrogens is 2. The lowest BCUT2D eigenvalue weighted by Gasteiger charge is -2.28. The molecular formula is C16H18BrN3O. The van der Waals surface area contributed by atoms with Gasteiger partial charge in [0.2, 0.25) is 0 Å². The first-order valence-corrected chi connectivity index (χ1v) is 8.49. The highest BCUT2D eigenvalue weighted by Crippen LogP contribution is 2.21. The fourth-order valence-electron chi connectivity index (χ4n) is 2.87. The summed E-state index contributed by atoms with van der Waals surface area (Å²) in [6.45, 7) is 0.841. The van der Waals surface area contributed by atoms with E-state index in [0.717, 1.165) is 35.7 Å². The zero-order valence-corrected chi connectivity index (χ0v) is 13.4. The normalized spacial score (nSPS) is 19.5. The molecule has 0 radical (unpaired) electrons. The molecule has 0 spiro atoms. The lowest BCUT2D eigenvalue weighted by atomic mass is 10.1. The van der Waals surface area contributed by atoms with Crippen LogP contribution in [0.4, 0.5) is 0 Å². The Morgan fingerprint density at radius 2 is 2.00 bits per heavy atom. The molecular weight excluding hydrogens is 330 g/mol. The van der Waals surface area contributed by atoms with E-state index in [0.29, 0.717) is 5.56 Å². The van der Waals surface area contributed by atoms with Crippen LogP contribution in [-0.2, 0) is 0 Å². The van der Waals surface area contributed by atoms with E-state index in [1.165, 1.54) is 12.8 Å². The van der Waals surface area contributed by atoms with Gasteiger partial charge in [-0.2, -0.15) is 0 Å². The summed E-state index contributed by atoms with van der Waals surface area (Å²) in [6.07, 6.45) is 7.88. The van der Waals surface area contributed by atoms with Crippen molar-refractivity contribution in [3.05, 3.63) is 36.2 Å². The Balaban J connectivity index is 1.90. The molecule has 5 heteroatoms. The third-order valence-corrected chi connectivity index (χ3v) is 4.78. The molecule has 1 aliphatic rings. The minimum Gasteiger partial charge on any atom is -0.335 e. The molecule has 1 aliphatic heterocycles. The topological polar surface area (TPSA) is 46.1 Å². The Labute approximate surface area is 132 Å². The molecule has 3 rings (SSSR count). The number of carbonyl (C=O) groups excluding carboxylic acids is 1. The minimum atomic E-state index is 0.105. The van der Waals surface area contributed by atoms with Gasteiger partial charge in [-0.1, -0.05) is 28.8 Å². The van der Waals surface area contributed by atoms with Crippen LogP contribution in [0.5, 0.6) is 0 Å². The van der Waals surface area contributed by atoms with Crippen LogP contribution in [-0.4, -0.2) is 38.7 Å². The highest BCUT2D eigenvalue weighted by molar-refractivity contribution is 9.09. The van der Waals surface area contributed by atoms with E-state index in [9.17, 15) is 4.79 Å². The van der Waals surface area contributed by atoms with Crippen molar-refractivity contribution < 1.29 is 4.79 Å². The quantitative estimate of drug-likeness (QED) is 0.782. The summed E-state index contributed by atoms with van der Waals surface area (Å²) in [5.74, 6) is 0.105. The number of halogens is 1. The van der Waals surface area contributed by atoms with Crippen LogP contribution < -0.4 is 0 Å². The Bertz CT molecular complexity index is 646. The average molecular weight is 348 g/mol. The second-order valence-corrected chi connectivity index (χ2v) is 6.06. The number of alkyl halides is 1. The van der Waals surface area contributed by atoms with Gasteiger partial charge in [0.05, 0.1) is 11.0 Å². The van der Waals surface area contributed by atoms with Crippen molar-refractivity contribution in [3.63, 3.8) is 0 Å². The number of carbonyl (C=O) groups is 1. The van der Waals surface area contributed by atoms with Crippen molar-refractivity contribution in [2.24, 2.45) is 0 Å². The highest BCUT2D eigenvalue weighted by atomic mass is 79.9. The van der Waals surface area contributed by atoms with Crippen molar-refractivity contribution in [3.8, 4) is 0 Å². The first-order valence-electron chi connectivity index (χ1n) is 7.37. The number of amides is 1. The molecule has 2 heterocycles. The molecule has 1 fully saturated rings. The van der Waals surface area contributed by atoms with Gasteiger partial charge in [-0.3, -0.25) is 14.8 Å². The van der Waals surface area contributed by atoms with Crippen molar-refractivity contribution in [1.82, 2.24) is 14.9 Å². The van der Waals surface area contributed by atoms with Crippen molar-refractivity contribution in [1.29, 1.82) is 0 Å². The monoisotopic (exact) mass is 347 g/mol. The molecule has 0 aliphatic carbocycles. The number of benzene rings is 1. The molecule has 110 valence electrons. The van der Waals surface area contributed by atoms with E-state index < -0.39 is 0 Å². The molecule has 0 bridgehead atoms. The Kier molecular flexibility index (Phi) is 4.48. The fourth-order valence-corrected chi connectivity index (χ4v) is 3.54. The summed E-state index contributed by atoms with van der Waals surface area (Å²) in [6, 6.07) is 5.87. The molecule has 1 unspecified atom stereocenters. The Hall–Kier alpha value is -1.49. The van der Waals surface area contributed by atoms with Gasteiger partial charge in [-0.15, -0.1) is 0 Å². The van der Waals surface area contributed by atoms with Gasteiger partial charge in [-0.25, -0.2) is 0 Å². The first kappa shape index (κ1) is 14.4. The fraction of sp³-hybridized carbons (Fsp3) is 0.438. The second kappa shape index (κ2) is 6.52. The lowest BCUT2D eigenvalue weighted by Crippen LogP contribution is -2.41. The van der Waals surface area contributed by atoms with Crippen LogP contribution >= 0.6 is 15.9 Å². The van der Waals surface area contributed by atoms with Gasteiger partial charge in [0.25, 0.3) is 5.91 Å². The highest BCUT2D eigenvalue weighted by Gasteiger charge is 2.25. The summed E-state index contributed by atoms with van der Waals surface area (Å²) in [7, 11) is 0. The maximum Gasteiger partial charge on any atom is 0.254 e.